The van der Waals surface area contributed by atoms with Crippen molar-refractivity contribution in [3.05, 3.63) is 272 Å². The second kappa shape index (κ2) is 19.0. The summed E-state index contributed by atoms with van der Waals surface area (Å²) in [6.07, 6.45) is 5.06. The molecule has 1 aliphatic heterocycles. The molecule has 14 rings (SSSR count). The Labute approximate surface area is 439 Å². The van der Waals surface area contributed by atoms with Gasteiger partial charge < -0.3 is 14.2 Å². The molecule has 2 heterocycles. The summed E-state index contributed by atoms with van der Waals surface area (Å²) in [7, 11) is 0. The van der Waals surface area contributed by atoms with E-state index in [1.54, 1.807) is 0 Å². The molecule has 3 nitrogen and oxygen atoms in total. The standard InChI is InChI=1S/C72H54N2O/c1-2-17-49(18-3-1)53-19-14-20-54(47-53)50-35-41-57(42-36-50)73(58-43-37-51(38-44-58)55-21-15-22-56(48-55)61-29-16-30-67-66-28-9-13-34-71(66)75-72(61)67)59-45-39-52(40-46-59)60-23-4-5-24-62(60)63-25-6-10-31-68(63)74-69-32-11-7-26-64(69)65-27-8-12-33-70(65)74/h1-7,9-11,13-26,28-32,34-48,65,70H,8,12,27,33H2. The predicted octanol–water partition coefficient (Wildman–Crippen LogP) is 20.2. The van der Waals surface area contributed by atoms with Gasteiger partial charge >= 0.3 is 0 Å². The van der Waals surface area contributed by atoms with Crippen molar-refractivity contribution in [2.75, 3.05) is 9.80 Å². The van der Waals surface area contributed by atoms with Gasteiger partial charge in [0, 0.05) is 62.3 Å². The third-order valence-electron chi connectivity index (χ3n) is 15.9. The first-order valence-corrected chi connectivity index (χ1v) is 26.5. The van der Waals surface area contributed by atoms with E-state index in [9.17, 15) is 0 Å². The van der Waals surface area contributed by atoms with Crippen molar-refractivity contribution in [1.29, 1.82) is 0 Å². The lowest BCUT2D eigenvalue weighted by Crippen LogP contribution is -2.32. The van der Waals surface area contributed by atoms with E-state index in [1.165, 1.54) is 87.1 Å². The molecule has 0 bridgehead atoms. The van der Waals surface area contributed by atoms with Crippen molar-refractivity contribution in [1.82, 2.24) is 0 Å². The van der Waals surface area contributed by atoms with Crippen LogP contribution in [0, 0.1) is 0 Å². The zero-order valence-corrected chi connectivity index (χ0v) is 41.7. The molecule has 0 N–H and O–H groups in total. The van der Waals surface area contributed by atoms with Gasteiger partial charge in [0.05, 0.1) is 0 Å². The number of rotatable bonds is 10. The first-order chi connectivity index (χ1) is 37.2. The molecule has 1 fully saturated rings. The number of furan rings is 1. The second-order valence-corrected chi connectivity index (χ2v) is 20.2. The molecule has 3 heteroatoms. The van der Waals surface area contributed by atoms with Crippen molar-refractivity contribution in [2.45, 2.75) is 37.6 Å². The van der Waals surface area contributed by atoms with E-state index in [-0.39, 0.29) is 0 Å². The largest absolute Gasteiger partial charge is 0.455 e. The maximum absolute atomic E-state index is 6.47. The molecule has 1 aromatic heterocycles. The Morgan fingerprint density at radius 2 is 0.813 bits per heavy atom. The molecule has 75 heavy (non-hydrogen) atoms. The van der Waals surface area contributed by atoms with Gasteiger partial charge in [0.1, 0.15) is 11.2 Å². The maximum atomic E-state index is 6.47. The molecule has 12 aromatic rings. The van der Waals surface area contributed by atoms with Crippen LogP contribution in [0.25, 0.3) is 88.7 Å². The molecule has 2 aliphatic rings. The summed E-state index contributed by atoms with van der Waals surface area (Å²) >= 11 is 0. The quantitative estimate of drug-likeness (QED) is 0.136. The molecular formula is C72H54N2O. The number of para-hydroxylation sites is 4. The molecule has 358 valence electrons. The van der Waals surface area contributed by atoms with Crippen molar-refractivity contribution >= 4 is 50.4 Å². The lowest BCUT2D eigenvalue weighted by Gasteiger charge is -2.35. The minimum atomic E-state index is 0.478. The molecule has 1 saturated carbocycles. The molecular weight excluding hydrogens is 909 g/mol. The van der Waals surface area contributed by atoms with Crippen LogP contribution in [0.5, 0.6) is 0 Å². The van der Waals surface area contributed by atoms with Gasteiger partial charge in [0.2, 0.25) is 0 Å². The Kier molecular flexibility index (Phi) is 11.3. The topological polar surface area (TPSA) is 19.6 Å². The van der Waals surface area contributed by atoms with E-state index in [4.69, 9.17) is 4.42 Å². The van der Waals surface area contributed by atoms with Crippen LogP contribution in [0.15, 0.2) is 271 Å². The average Bonchev–Trinajstić information content (AvgIpc) is 4.04. The van der Waals surface area contributed by atoms with Gasteiger partial charge in [-0.2, -0.15) is 0 Å². The van der Waals surface area contributed by atoms with E-state index < -0.39 is 0 Å². The van der Waals surface area contributed by atoms with Gasteiger partial charge in [-0.3, -0.25) is 0 Å². The summed E-state index contributed by atoms with van der Waals surface area (Å²) in [4.78, 5) is 5.06. The van der Waals surface area contributed by atoms with Gasteiger partial charge in [-0.05, 0) is 141 Å². The fourth-order valence-electron chi connectivity index (χ4n) is 12.4. The Morgan fingerprint density at radius 1 is 0.333 bits per heavy atom. The third kappa shape index (κ3) is 8.09. The molecule has 0 amide bonds. The number of hydrogen-bond acceptors (Lipinski definition) is 3. The van der Waals surface area contributed by atoms with Crippen LogP contribution < -0.4 is 9.80 Å². The molecule has 0 saturated heterocycles. The normalized spacial score (nSPS) is 15.0. The van der Waals surface area contributed by atoms with Gasteiger partial charge in [-0.15, -0.1) is 0 Å². The highest BCUT2D eigenvalue weighted by atomic mass is 16.3. The molecule has 0 spiro atoms. The molecule has 2 atom stereocenters. The Hall–Kier alpha value is -9.18. The van der Waals surface area contributed by atoms with Gasteiger partial charge in [0.15, 0.2) is 0 Å². The van der Waals surface area contributed by atoms with Crippen molar-refractivity contribution in [2.24, 2.45) is 0 Å². The van der Waals surface area contributed by atoms with Crippen molar-refractivity contribution in [3.8, 4) is 66.8 Å². The van der Waals surface area contributed by atoms with Gasteiger partial charge in [-0.25, -0.2) is 0 Å². The Bertz CT molecular complexity index is 4020. The highest BCUT2D eigenvalue weighted by Crippen LogP contribution is 2.53. The monoisotopic (exact) mass is 962 g/mol. The van der Waals surface area contributed by atoms with E-state index in [0.29, 0.717) is 12.0 Å². The number of nitrogens with zero attached hydrogens (tertiary/aromatic N) is 2. The van der Waals surface area contributed by atoms with E-state index >= 15 is 0 Å². The van der Waals surface area contributed by atoms with Crippen LogP contribution in [0.2, 0.25) is 0 Å². The first kappa shape index (κ1) is 44.5. The zero-order chi connectivity index (χ0) is 49.7. The SMILES string of the molecule is c1ccc(-c2cccc(-c3ccc(N(c4ccc(-c5cccc(-c6cccc7c6oc6ccccc67)c5)cc4)c4ccc(-c5ccccc5-c5ccccc5N5c6ccccc6C6CCCCC65)cc4)cc3)c2)cc1. The highest BCUT2D eigenvalue weighted by Gasteiger charge is 2.41. The lowest BCUT2D eigenvalue weighted by molar-refractivity contribution is 0.402. The number of hydrogen-bond donors (Lipinski definition) is 0. The van der Waals surface area contributed by atoms with Gasteiger partial charge in [-0.1, -0.05) is 213 Å². The summed E-state index contributed by atoms with van der Waals surface area (Å²) in [6, 6.07) is 97.9. The second-order valence-electron chi connectivity index (χ2n) is 20.2. The number of fused-ring (bicyclic) bond motifs is 6. The van der Waals surface area contributed by atoms with Crippen LogP contribution in [-0.2, 0) is 0 Å². The van der Waals surface area contributed by atoms with Crippen LogP contribution in [0.4, 0.5) is 28.4 Å². The fraction of sp³-hybridized carbons (Fsp3) is 0.0833. The Morgan fingerprint density at radius 3 is 1.52 bits per heavy atom. The fourth-order valence-corrected chi connectivity index (χ4v) is 12.4. The predicted molar refractivity (Wildman–Crippen MR) is 315 cm³/mol. The van der Waals surface area contributed by atoms with Crippen LogP contribution in [0.3, 0.4) is 0 Å². The average molecular weight is 963 g/mol. The summed E-state index contributed by atoms with van der Waals surface area (Å²) in [5.41, 5.74) is 23.5. The third-order valence-corrected chi connectivity index (χ3v) is 15.9. The maximum Gasteiger partial charge on any atom is 0.143 e. The molecule has 0 radical (unpaired) electrons. The van der Waals surface area contributed by atoms with Crippen molar-refractivity contribution < 1.29 is 4.42 Å². The minimum absolute atomic E-state index is 0.478. The van der Waals surface area contributed by atoms with Crippen LogP contribution >= 0.6 is 0 Å². The molecule has 11 aromatic carbocycles. The van der Waals surface area contributed by atoms with E-state index in [0.717, 1.165) is 61.3 Å². The Balaban J connectivity index is 0.821. The summed E-state index contributed by atoms with van der Waals surface area (Å²) in [6.45, 7) is 0. The summed E-state index contributed by atoms with van der Waals surface area (Å²) in [5, 5.41) is 2.27. The number of anilines is 5. The van der Waals surface area contributed by atoms with Crippen LogP contribution in [0.1, 0.15) is 37.2 Å². The van der Waals surface area contributed by atoms with Gasteiger partial charge in [0.25, 0.3) is 0 Å². The lowest BCUT2D eigenvalue weighted by atomic mass is 9.82. The first-order valence-electron chi connectivity index (χ1n) is 26.5. The van der Waals surface area contributed by atoms with Crippen molar-refractivity contribution in [3.63, 3.8) is 0 Å². The van der Waals surface area contributed by atoms with E-state index in [2.05, 4.69) is 265 Å². The minimum Gasteiger partial charge on any atom is -0.455 e. The summed E-state index contributed by atoms with van der Waals surface area (Å²) < 4.78 is 6.47. The molecule has 2 unspecified atom stereocenters. The summed E-state index contributed by atoms with van der Waals surface area (Å²) in [5.74, 6) is 0.577. The molecule has 1 aliphatic carbocycles. The highest BCUT2D eigenvalue weighted by molar-refractivity contribution is 6.09. The smallest absolute Gasteiger partial charge is 0.143 e. The van der Waals surface area contributed by atoms with Crippen LogP contribution in [-0.4, -0.2) is 6.04 Å². The zero-order valence-electron chi connectivity index (χ0n) is 41.7. The van der Waals surface area contributed by atoms with E-state index in [1.807, 2.05) is 12.1 Å². The number of benzene rings is 11.